The molecule has 5 rings (SSSR count). The number of halogens is 3. The van der Waals surface area contributed by atoms with Crippen LogP contribution >= 0.6 is 27.5 Å². The van der Waals surface area contributed by atoms with Crippen molar-refractivity contribution in [3.8, 4) is 11.4 Å². The zero-order valence-corrected chi connectivity index (χ0v) is 20.7. The molecular weight excluding hydrogens is 535 g/mol. The number of nitrogens with zero attached hydrogens (tertiary/aromatic N) is 6. The lowest BCUT2D eigenvalue weighted by atomic mass is 10.00. The maximum Gasteiger partial charge on any atom is 0.248 e. The molecule has 1 amide bonds. The number of amides is 1. The molecule has 35 heavy (non-hydrogen) atoms. The lowest BCUT2D eigenvalue weighted by Gasteiger charge is -2.23. The van der Waals surface area contributed by atoms with Crippen LogP contribution in [0.4, 0.5) is 10.1 Å². The first kappa shape index (κ1) is 23.3. The van der Waals surface area contributed by atoms with E-state index in [4.69, 9.17) is 11.6 Å². The van der Waals surface area contributed by atoms with E-state index in [9.17, 15) is 9.18 Å². The van der Waals surface area contributed by atoms with E-state index in [0.717, 1.165) is 15.6 Å². The minimum absolute atomic E-state index is 0.0325. The number of carbonyl (C=O) groups is 1. The number of tetrazole rings is 1. The van der Waals surface area contributed by atoms with Crippen molar-refractivity contribution < 1.29 is 9.18 Å². The van der Waals surface area contributed by atoms with Gasteiger partial charge in [0.1, 0.15) is 12.4 Å². The molecular formula is C25H19BrClFN6O. The second-order valence-corrected chi connectivity index (χ2v) is 9.21. The molecule has 3 aromatic carbocycles. The van der Waals surface area contributed by atoms with Gasteiger partial charge in [0, 0.05) is 32.7 Å². The number of aromatic nitrogens is 4. The number of benzene rings is 3. The average molecular weight is 554 g/mol. The average Bonchev–Trinajstić information content (AvgIpc) is 3.28. The van der Waals surface area contributed by atoms with Crippen LogP contribution in [0.5, 0.6) is 0 Å². The molecule has 4 aromatic rings. The van der Waals surface area contributed by atoms with Crippen molar-refractivity contribution in [1.82, 2.24) is 20.2 Å². The number of carbonyl (C=O) groups excluding carboxylic acids is 1. The number of fused-ring (bicyclic) bond motifs is 1. The first-order valence-corrected chi connectivity index (χ1v) is 12.1. The summed E-state index contributed by atoms with van der Waals surface area (Å²) in [5.74, 6) is -0.0486. The summed E-state index contributed by atoms with van der Waals surface area (Å²) >= 11 is 9.49. The van der Waals surface area contributed by atoms with Gasteiger partial charge in [-0.05, 0) is 60.2 Å². The van der Waals surface area contributed by atoms with Crippen molar-refractivity contribution in [2.75, 3.05) is 18.0 Å². The molecule has 0 unspecified atom stereocenters. The molecule has 0 spiro atoms. The van der Waals surface area contributed by atoms with Crippen molar-refractivity contribution in [2.24, 2.45) is 4.99 Å². The van der Waals surface area contributed by atoms with Crippen LogP contribution in [0.3, 0.4) is 0 Å². The Morgan fingerprint density at radius 3 is 2.60 bits per heavy atom. The minimum Gasteiger partial charge on any atom is -0.310 e. The minimum atomic E-state index is -0.389. The van der Waals surface area contributed by atoms with E-state index in [-0.39, 0.29) is 18.3 Å². The molecule has 0 saturated heterocycles. The molecule has 1 aliphatic heterocycles. The summed E-state index contributed by atoms with van der Waals surface area (Å²) in [5, 5.41) is 13.3. The Labute approximate surface area is 214 Å². The lowest BCUT2D eigenvalue weighted by molar-refractivity contribution is -0.117. The van der Waals surface area contributed by atoms with E-state index in [2.05, 4.69) is 36.3 Å². The van der Waals surface area contributed by atoms with E-state index in [1.165, 1.54) is 16.9 Å². The summed E-state index contributed by atoms with van der Waals surface area (Å²) in [6.45, 7) is 0.822. The van der Waals surface area contributed by atoms with Crippen LogP contribution in [0.15, 0.2) is 76.2 Å². The van der Waals surface area contributed by atoms with Crippen LogP contribution in [0, 0.1) is 5.82 Å². The van der Waals surface area contributed by atoms with Crippen LogP contribution in [0.1, 0.15) is 17.5 Å². The Bertz CT molecular complexity index is 1420. The monoisotopic (exact) mass is 552 g/mol. The number of benzodiazepines with no additional fused rings is 1. The topological polar surface area (TPSA) is 76.3 Å². The van der Waals surface area contributed by atoms with Gasteiger partial charge in [-0.1, -0.05) is 45.7 Å². The molecule has 0 bridgehead atoms. The van der Waals surface area contributed by atoms with Gasteiger partial charge in [0.2, 0.25) is 11.7 Å². The fourth-order valence-corrected chi connectivity index (χ4v) is 4.53. The Balaban J connectivity index is 1.36. The van der Waals surface area contributed by atoms with Crippen LogP contribution < -0.4 is 4.90 Å². The lowest BCUT2D eigenvalue weighted by Crippen LogP contribution is -2.34. The van der Waals surface area contributed by atoms with Crippen LogP contribution in [-0.2, 0) is 11.3 Å². The summed E-state index contributed by atoms with van der Waals surface area (Å²) in [6, 6.07) is 19.2. The summed E-state index contributed by atoms with van der Waals surface area (Å²) in [7, 11) is 0. The third kappa shape index (κ3) is 5.01. The second-order valence-electron chi connectivity index (χ2n) is 7.92. The van der Waals surface area contributed by atoms with Crippen LogP contribution in [0.25, 0.3) is 11.4 Å². The Morgan fingerprint density at radius 2 is 1.80 bits per heavy atom. The van der Waals surface area contributed by atoms with Crippen LogP contribution in [0.2, 0.25) is 5.02 Å². The number of rotatable bonds is 6. The van der Waals surface area contributed by atoms with Crippen molar-refractivity contribution in [3.63, 3.8) is 0 Å². The third-order valence-corrected chi connectivity index (χ3v) is 6.55. The normalized spacial score (nSPS) is 13.4. The highest BCUT2D eigenvalue weighted by Gasteiger charge is 2.26. The van der Waals surface area contributed by atoms with Gasteiger partial charge in [0.15, 0.2) is 0 Å². The van der Waals surface area contributed by atoms with Gasteiger partial charge >= 0.3 is 0 Å². The molecule has 7 nitrogen and oxygen atoms in total. The molecule has 0 atom stereocenters. The van der Waals surface area contributed by atoms with Gasteiger partial charge in [-0.25, -0.2) is 4.39 Å². The molecule has 1 aliphatic rings. The fourth-order valence-electron chi connectivity index (χ4n) is 3.94. The molecule has 0 N–H and O–H groups in total. The standard InChI is InChI=1S/C25H19BrClFN6O/c26-21-5-2-1-4-19(21)24-20-14-18(28)10-11-22(20)33(23(35)15-29-24)12-3-13-34-31-25(30-32-34)16-6-8-17(27)9-7-16/h1-2,4-11,14H,3,12-13,15H2. The van der Waals surface area contributed by atoms with Crippen LogP contribution in [-0.4, -0.2) is 44.9 Å². The number of aryl methyl sites for hydroxylation is 1. The molecule has 0 saturated carbocycles. The van der Waals surface area contributed by atoms with Crippen molar-refractivity contribution in [2.45, 2.75) is 13.0 Å². The number of anilines is 1. The summed E-state index contributed by atoms with van der Waals surface area (Å²) < 4.78 is 15.1. The number of hydrogen-bond acceptors (Lipinski definition) is 5. The first-order valence-electron chi connectivity index (χ1n) is 10.9. The van der Waals surface area contributed by atoms with E-state index in [0.29, 0.717) is 47.3 Å². The Morgan fingerprint density at radius 1 is 1.00 bits per heavy atom. The molecule has 0 fully saturated rings. The summed E-state index contributed by atoms with van der Waals surface area (Å²) in [6.07, 6.45) is 0.573. The van der Waals surface area contributed by atoms with E-state index >= 15 is 0 Å². The molecule has 176 valence electrons. The van der Waals surface area contributed by atoms with Gasteiger partial charge in [-0.2, -0.15) is 4.80 Å². The van der Waals surface area contributed by atoms with Crippen molar-refractivity contribution in [3.05, 3.63) is 93.2 Å². The zero-order chi connectivity index (χ0) is 24.4. The van der Waals surface area contributed by atoms with E-state index in [1.54, 1.807) is 23.1 Å². The van der Waals surface area contributed by atoms with Crippen molar-refractivity contribution in [1.29, 1.82) is 0 Å². The highest BCUT2D eigenvalue weighted by Crippen LogP contribution is 2.30. The number of aliphatic imine (C=N–C) groups is 1. The Hall–Kier alpha value is -3.43. The largest absolute Gasteiger partial charge is 0.310 e. The van der Waals surface area contributed by atoms with Gasteiger partial charge in [0.05, 0.1) is 17.9 Å². The molecule has 2 heterocycles. The predicted molar refractivity (Wildman–Crippen MR) is 136 cm³/mol. The Kier molecular flexibility index (Phi) is 6.70. The van der Waals surface area contributed by atoms with Gasteiger partial charge in [-0.3, -0.25) is 9.79 Å². The first-order chi connectivity index (χ1) is 17.0. The zero-order valence-electron chi connectivity index (χ0n) is 18.4. The fraction of sp³-hybridized carbons (Fsp3) is 0.160. The summed E-state index contributed by atoms with van der Waals surface area (Å²) in [4.78, 5) is 20.7. The maximum atomic E-state index is 14.3. The third-order valence-electron chi connectivity index (χ3n) is 5.60. The SMILES string of the molecule is O=C1CN=C(c2ccccc2Br)c2cc(F)ccc2N1CCCn1nnc(-c2ccc(Cl)cc2)n1. The molecule has 1 aromatic heterocycles. The second kappa shape index (κ2) is 10.1. The molecule has 10 heteroatoms. The number of hydrogen-bond donors (Lipinski definition) is 0. The molecule has 0 aliphatic carbocycles. The van der Waals surface area contributed by atoms with Gasteiger partial charge < -0.3 is 4.90 Å². The van der Waals surface area contributed by atoms with E-state index in [1.807, 2.05) is 36.4 Å². The highest BCUT2D eigenvalue weighted by atomic mass is 79.9. The summed E-state index contributed by atoms with van der Waals surface area (Å²) in [5.41, 5.74) is 3.39. The van der Waals surface area contributed by atoms with Gasteiger partial charge in [0.25, 0.3) is 0 Å². The molecule has 0 radical (unpaired) electrons. The van der Waals surface area contributed by atoms with E-state index < -0.39 is 0 Å². The smallest absolute Gasteiger partial charge is 0.248 e. The van der Waals surface area contributed by atoms with Gasteiger partial charge in [-0.15, -0.1) is 10.2 Å². The predicted octanol–water partition coefficient (Wildman–Crippen LogP) is 5.17. The highest BCUT2D eigenvalue weighted by molar-refractivity contribution is 9.10. The quantitative estimate of drug-likeness (QED) is 0.330. The maximum absolute atomic E-state index is 14.3. The van der Waals surface area contributed by atoms with Crippen molar-refractivity contribution >= 4 is 44.8 Å².